The Morgan fingerprint density at radius 3 is 2.81 bits per heavy atom. The molecule has 142 valence electrons. The third-order valence-corrected chi connectivity index (χ3v) is 4.53. The Kier molecular flexibility index (Phi) is 6.54. The molecule has 1 aliphatic heterocycles. The summed E-state index contributed by atoms with van der Waals surface area (Å²) in [5.74, 6) is 1.43. The van der Waals surface area contributed by atoms with E-state index in [1.165, 1.54) is 6.26 Å². The molecule has 0 N–H and O–H groups in total. The van der Waals surface area contributed by atoms with Crippen LogP contribution in [0.2, 0.25) is 0 Å². The van der Waals surface area contributed by atoms with Crippen molar-refractivity contribution < 1.29 is 23.4 Å². The smallest absolute Gasteiger partial charge is 0.363 e. The molecule has 3 rings (SSSR count). The quantitative estimate of drug-likeness (QED) is 0.234. The highest BCUT2D eigenvalue weighted by atomic mass is 127. The van der Waals surface area contributed by atoms with Crippen LogP contribution in [0.5, 0.6) is 11.5 Å². The lowest BCUT2D eigenvalue weighted by molar-refractivity contribution is -0.130. The number of halogens is 1. The summed E-state index contributed by atoms with van der Waals surface area (Å²) in [4.78, 5) is 16.3. The molecule has 6 nitrogen and oxygen atoms in total. The molecule has 1 aromatic carbocycles. The van der Waals surface area contributed by atoms with Gasteiger partial charge in [0.15, 0.2) is 23.0 Å². The van der Waals surface area contributed by atoms with Gasteiger partial charge < -0.3 is 18.6 Å². The molecular weight excluding hydrogens is 461 g/mol. The van der Waals surface area contributed by atoms with E-state index in [0.29, 0.717) is 24.7 Å². The Morgan fingerprint density at radius 2 is 2.11 bits per heavy atom. The van der Waals surface area contributed by atoms with E-state index >= 15 is 0 Å². The summed E-state index contributed by atoms with van der Waals surface area (Å²) in [6.07, 6.45) is 5.20. The van der Waals surface area contributed by atoms with Gasteiger partial charge in [-0.1, -0.05) is 13.3 Å². The number of ether oxygens (including phenoxy) is 3. The SMILES string of the molecule is CCCCOc1c(I)cc(/C=C2\N=C(c3ccco3)OC2=O)cc1OCC. The lowest BCUT2D eigenvalue weighted by Crippen LogP contribution is -2.04. The topological polar surface area (TPSA) is 70.3 Å². The molecule has 0 spiro atoms. The maximum Gasteiger partial charge on any atom is 0.363 e. The molecule has 0 fully saturated rings. The molecule has 2 heterocycles. The van der Waals surface area contributed by atoms with Crippen molar-refractivity contribution in [3.63, 3.8) is 0 Å². The Morgan fingerprint density at radius 1 is 1.26 bits per heavy atom. The van der Waals surface area contributed by atoms with Crippen molar-refractivity contribution in [2.45, 2.75) is 26.7 Å². The van der Waals surface area contributed by atoms with Gasteiger partial charge in [-0.25, -0.2) is 9.79 Å². The van der Waals surface area contributed by atoms with Crippen molar-refractivity contribution in [3.8, 4) is 11.5 Å². The van der Waals surface area contributed by atoms with Crippen LogP contribution in [-0.4, -0.2) is 25.1 Å². The van der Waals surface area contributed by atoms with Gasteiger partial charge in [-0.3, -0.25) is 0 Å². The fourth-order valence-electron chi connectivity index (χ4n) is 2.47. The second kappa shape index (κ2) is 9.07. The average Bonchev–Trinajstić information content (AvgIpc) is 3.28. The largest absolute Gasteiger partial charge is 0.490 e. The van der Waals surface area contributed by atoms with Gasteiger partial charge in [0, 0.05) is 0 Å². The number of unbranched alkanes of at least 4 members (excludes halogenated alkanes) is 1. The second-order valence-electron chi connectivity index (χ2n) is 5.78. The zero-order valence-electron chi connectivity index (χ0n) is 15.2. The molecule has 1 aromatic heterocycles. The first-order chi connectivity index (χ1) is 13.1. The lowest BCUT2D eigenvalue weighted by Gasteiger charge is -2.14. The number of cyclic esters (lactones) is 1. The van der Waals surface area contributed by atoms with Gasteiger partial charge in [-0.2, -0.15) is 0 Å². The molecule has 0 saturated carbocycles. The summed E-state index contributed by atoms with van der Waals surface area (Å²) in [5.41, 5.74) is 0.987. The maximum atomic E-state index is 12.1. The summed E-state index contributed by atoms with van der Waals surface area (Å²) < 4.78 is 22.9. The number of rotatable bonds is 8. The number of nitrogens with zero attached hydrogens (tertiary/aromatic N) is 1. The minimum atomic E-state index is -0.516. The van der Waals surface area contributed by atoms with Crippen LogP contribution in [0.4, 0.5) is 0 Å². The molecule has 0 unspecified atom stereocenters. The highest BCUT2D eigenvalue weighted by molar-refractivity contribution is 14.1. The molecular formula is C20H20INO5. The molecule has 2 aromatic rings. The van der Waals surface area contributed by atoms with Crippen LogP contribution in [0.1, 0.15) is 38.0 Å². The first-order valence-corrected chi connectivity index (χ1v) is 9.85. The summed E-state index contributed by atoms with van der Waals surface area (Å²) in [6.45, 7) is 5.19. The van der Waals surface area contributed by atoms with Crippen molar-refractivity contribution >= 4 is 40.5 Å². The van der Waals surface area contributed by atoms with Gasteiger partial charge in [-0.05, 0) is 71.8 Å². The predicted molar refractivity (Wildman–Crippen MR) is 110 cm³/mol. The van der Waals surface area contributed by atoms with E-state index in [2.05, 4.69) is 34.5 Å². The zero-order chi connectivity index (χ0) is 19.2. The summed E-state index contributed by atoms with van der Waals surface area (Å²) in [5, 5.41) is 0. The second-order valence-corrected chi connectivity index (χ2v) is 6.94. The van der Waals surface area contributed by atoms with Gasteiger partial charge in [0.1, 0.15) is 0 Å². The van der Waals surface area contributed by atoms with Crippen molar-refractivity contribution in [3.05, 3.63) is 51.1 Å². The third-order valence-electron chi connectivity index (χ3n) is 3.73. The van der Waals surface area contributed by atoms with Crippen molar-refractivity contribution in [1.82, 2.24) is 0 Å². The van der Waals surface area contributed by atoms with Gasteiger partial charge in [0.05, 0.1) is 23.0 Å². The highest BCUT2D eigenvalue weighted by Crippen LogP contribution is 2.35. The van der Waals surface area contributed by atoms with Crippen LogP contribution in [0.25, 0.3) is 6.08 Å². The monoisotopic (exact) mass is 481 g/mol. The lowest BCUT2D eigenvalue weighted by atomic mass is 10.1. The Balaban J connectivity index is 1.90. The van der Waals surface area contributed by atoms with Crippen molar-refractivity contribution in [1.29, 1.82) is 0 Å². The Labute approximate surface area is 171 Å². The minimum Gasteiger partial charge on any atom is -0.490 e. The number of aliphatic imine (C=N–C) groups is 1. The van der Waals surface area contributed by atoms with E-state index in [1.54, 1.807) is 18.2 Å². The van der Waals surface area contributed by atoms with Gasteiger partial charge >= 0.3 is 5.97 Å². The van der Waals surface area contributed by atoms with E-state index in [0.717, 1.165) is 27.7 Å². The Hall–Kier alpha value is -2.29. The molecule has 0 saturated heterocycles. The number of benzene rings is 1. The maximum absolute atomic E-state index is 12.1. The van der Waals surface area contributed by atoms with E-state index < -0.39 is 5.97 Å². The number of hydrogen-bond donors (Lipinski definition) is 0. The standard InChI is InChI=1S/C20H20INO5/c1-3-5-8-26-18-14(21)10-13(12-17(18)24-4-2)11-15-20(23)27-19(22-15)16-7-6-9-25-16/h6-7,9-12H,3-5,8H2,1-2H3/b15-11-. The molecule has 27 heavy (non-hydrogen) atoms. The zero-order valence-corrected chi connectivity index (χ0v) is 17.3. The molecule has 0 radical (unpaired) electrons. The number of carbonyl (C=O) groups excluding carboxylic acids is 1. The van der Waals surface area contributed by atoms with Crippen LogP contribution in [0.15, 0.2) is 45.6 Å². The summed E-state index contributed by atoms with van der Waals surface area (Å²) in [7, 11) is 0. The molecule has 7 heteroatoms. The third kappa shape index (κ3) is 4.71. The van der Waals surface area contributed by atoms with Crippen LogP contribution >= 0.6 is 22.6 Å². The van der Waals surface area contributed by atoms with Gasteiger partial charge in [0.25, 0.3) is 5.90 Å². The van der Waals surface area contributed by atoms with E-state index in [-0.39, 0.29) is 11.6 Å². The predicted octanol–water partition coefficient (Wildman–Crippen LogP) is 4.81. The summed E-state index contributed by atoms with van der Waals surface area (Å²) in [6, 6.07) is 7.16. The van der Waals surface area contributed by atoms with Crippen molar-refractivity contribution in [2.24, 2.45) is 4.99 Å². The molecule has 0 bridgehead atoms. The minimum absolute atomic E-state index is 0.162. The molecule has 0 amide bonds. The fourth-order valence-corrected chi connectivity index (χ4v) is 3.25. The van der Waals surface area contributed by atoms with Crippen LogP contribution in [0, 0.1) is 3.57 Å². The number of carbonyl (C=O) groups is 1. The highest BCUT2D eigenvalue weighted by Gasteiger charge is 2.26. The summed E-state index contributed by atoms with van der Waals surface area (Å²) >= 11 is 2.21. The van der Waals surface area contributed by atoms with Gasteiger partial charge in [0.2, 0.25) is 0 Å². The van der Waals surface area contributed by atoms with Crippen LogP contribution < -0.4 is 9.47 Å². The van der Waals surface area contributed by atoms with Crippen molar-refractivity contribution in [2.75, 3.05) is 13.2 Å². The van der Waals surface area contributed by atoms with Gasteiger partial charge in [-0.15, -0.1) is 0 Å². The first kappa shape index (κ1) is 19.5. The average molecular weight is 481 g/mol. The molecule has 0 aliphatic carbocycles. The Bertz CT molecular complexity index is 871. The van der Waals surface area contributed by atoms with E-state index in [9.17, 15) is 4.79 Å². The van der Waals surface area contributed by atoms with E-state index in [1.807, 2.05) is 19.1 Å². The fraction of sp³-hybridized carbons (Fsp3) is 0.300. The molecule has 1 aliphatic rings. The normalized spacial score (nSPS) is 15.0. The number of esters is 1. The van der Waals surface area contributed by atoms with Crippen LogP contribution in [0.3, 0.4) is 0 Å². The van der Waals surface area contributed by atoms with Crippen LogP contribution in [-0.2, 0) is 9.53 Å². The number of furan rings is 1. The van der Waals surface area contributed by atoms with E-state index in [4.69, 9.17) is 18.6 Å². The molecule has 0 atom stereocenters. The number of hydrogen-bond acceptors (Lipinski definition) is 6. The first-order valence-electron chi connectivity index (χ1n) is 8.78.